The summed E-state index contributed by atoms with van der Waals surface area (Å²) in [6.07, 6.45) is 1.20. The second kappa shape index (κ2) is 6.01. The van der Waals surface area contributed by atoms with Crippen molar-refractivity contribution in [1.82, 2.24) is 4.98 Å². The van der Waals surface area contributed by atoms with Gasteiger partial charge in [0.1, 0.15) is 11.6 Å². The minimum Gasteiger partial charge on any atom is -0.372 e. The quantitative estimate of drug-likeness (QED) is 0.853. The number of aromatic nitrogens is 1. The third-order valence-electron chi connectivity index (χ3n) is 2.58. The molecule has 0 fully saturated rings. The largest absolute Gasteiger partial charge is 0.372 e. The van der Waals surface area contributed by atoms with Gasteiger partial charge in [-0.2, -0.15) is 0 Å². The fourth-order valence-electron chi connectivity index (χ4n) is 1.59. The Morgan fingerprint density at radius 3 is 2.57 bits per heavy atom. The molecule has 0 aliphatic rings. The summed E-state index contributed by atoms with van der Waals surface area (Å²) in [4.78, 5) is 15.8. The summed E-state index contributed by atoms with van der Waals surface area (Å²) in [5, 5.41) is 4.94. The molecule has 0 spiro atoms. The fourth-order valence-corrected chi connectivity index (χ4v) is 1.85. The number of carbonyl (C=O) groups excluding carboxylic acids is 1. The molecule has 8 heteroatoms. The minimum absolute atomic E-state index is 0.0167. The van der Waals surface area contributed by atoms with Crippen LogP contribution in [0.3, 0.4) is 0 Å². The summed E-state index contributed by atoms with van der Waals surface area (Å²) in [5.41, 5.74) is -0.589. The van der Waals surface area contributed by atoms with Gasteiger partial charge in [0, 0.05) is 25.4 Å². The maximum Gasteiger partial charge on any atom is 0.257 e. The number of hydrogen-bond acceptors (Lipinski definition) is 3. The van der Waals surface area contributed by atoms with E-state index in [1.807, 2.05) is 0 Å². The maximum atomic E-state index is 13.4. The normalized spacial score (nSPS) is 10.3. The van der Waals surface area contributed by atoms with Gasteiger partial charge < -0.3 is 10.6 Å². The molecule has 110 valence electrons. The van der Waals surface area contributed by atoms with Gasteiger partial charge in [-0.1, -0.05) is 11.6 Å². The Morgan fingerprint density at radius 1 is 1.24 bits per heavy atom. The van der Waals surface area contributed by atoms with Crippen molar-refractivity contribution in [3.63, 3.8) is 0 Å². The zero-order valence-electron chi connectivity index (χ0n) is 10.7. The van der Waals surface area contributed by atoms with Crippen molar-refractivity contribution >= 4 is 29.0 Å². The highest BCUT2D eigenvalue weighted by Crippen LogP contribution is 2.22. The highest BCUT2D eigenvalue weighted by Gasteiger charge is 2.15. The molecular weight excluding hydrogens is 307 g/mol. The van der Waals surface area contributed by atoms with E-state index in [2.05, 4.69) is 15.6 Å². The van der Waals surface area contributed by atoms with Crippen LogP contribution in [0.2, 0.25) is 5.02 Å². The van der Waals surface area contributed by atoms with Crippen molar-refractivity contribution in [3.05, 3.63) is 52.4 Å². The molecule has 0 unspecified atom stereocenters. The summed E-state index contributed by atoms with van der Waals surface area (Å²) < 4.78 is 39.5. The predicted molar refractivity (Wildman–Crippen MR) is 73.1 cm³/mol. The Labute approximate surface area is 122 Å². The lowest BCUT2D eigenvalue weighted by Crippen LogP contribution is -2.14. The first-order chi connectivity index (χ1) is 9.92. The Bertz CT molecular complexity index is 709. The number of hydrogen-bond donors (Lipinski definition) is 2. The van der Waals surface area contributed by atoms with Gasteiger partial charge in [0.15, 0.2) is 11.6 Å². The van der Waals surface area contributed by atoms with Crippen LogP contribution < -0.4 is 10.6 Å². The number of pyridine rings is 1. The number of halogens is 4. The fraction of sp³-hybridized carbons (Fsp3) is 0.0769. The molecule has 2 N–H and O–H groups in total. The molecule has 2 rings (SSSR count). The molecule has 0 radical (unpaired) electrons. The number of rotatable bonds is 3. The van der Waals surface area contributed by atoms with E-state index in [-0.39, 0.29) is 10.6 Å². The summed E-state index contributed by atoms with van der Waals surface area (Å²) in [6, 6.07) is 2.35. The van der Waals surface area contributed by atoms with Crippen molar-refractivity contribution in [3.8, 4) is 0 Å². The van der Waals surface area contributed by atoms with E-state index in [1.165, 1.54) is 12.3 Å². The van der Waals surface area contributed by atoms with Gasteiger partial charge in [-0.05, 0) is 6.07 Å². The average Bonchev–Trinajstić information content (AvgIpc) is 2.44. The third-order valence-corrected chi connectivity index (χ3v) is 2.87. The maximum absolute atomic E-state index is 13.4. The lowest BCUT2D eigenvalue weighted by Gasteiger charge is -2.08. The molecule has 0 bridgehead atoms. The zero-order valence-corrected chi connectivity index (χ0v) is 11.4. The Hall–Kier alpha value is -2.28. The molecule has 1 heterocycles. The van der Waals surface area contributed by atoms with E-state index < -0.39 is 29.0 Å². The van der Waals surface area contributed by atoms with E-state index in [0.29, 0.717) is 18.0 Å². The molecule has 1 amide bonds. The smallest absolute Gasteiger partial charge is 0.257 e. The number of carbonyl (C=O) groups is 1. The SMILES string of the molecule is CNc1ncc(C(=O)Nc2cc(F)cc(F)c2F)cc1Cl. The van der Waals surface area contributed by atoms with Crippen LogP contribution in [0.1, 0.15) is 10.4 Å². The Kier molecular flexibility index (Phi) is 4.32. The number of amides is 1. The van der Waals surface area contributed by atoms with Crippen molar-refractivity contribution in [2.45, 2.75) is 0 Å². The summed E-state index contributed by atoms with van der Waals surface area (Å²) in [5.74, 6) is -4.19. The molecule has 4 nitrogen and oxygen atoms in total. The lowest BCUT2D eigenvalue weighted by molar-refractivity contribution is 0.102. The van der Waals surface area contributed by atoms with Crippen LogP contribution in [0.5, 0.6) is 0 Å². The van der Waals surface area contributed by atoms with Crippen LogP contribution in [0.25, 0.3) is 0 Å². The van der Waals surface area contributed by atoms with Crippen LogP contribution in [0.15, 0.2) is 24.4 Å². The molecule has 0 atom stereocenters. The second-order valence-corrected chi connectivity index (χ2v) is 4.41. The van der Waals surface area contributed by atoms with Gasteiger partial charge in [-0.25, -0.2) is 18.2 Å². The van der Waals surface area contributed by atoms with Gasteiger partial charge in [-0.15, -0.1) is 0 Å². The van der Waals surface area contributed by atoms with Crippen molar-refractivity contribution < 1.29 is 18.0 Å². The van der Waals surface area contributed by atoms with E-state index in [4.69, 9.17) is 11.6 Å². The van der Waals surface area contributed by atoms with Crippen LogP contribution in [0, 0.1) is 17.5 Å². The van der Waals surface area contributed by atoms with E-state index >= 15 is 0 Å². The van der Waals surface area contributed by atoms with Crippen LogP contribution in [-0.4, -0.2) is 17.9 Å². The van der Waals surface area contributed by atoms with Crippen LogP contribution in [0.4, 0.5) is 24.7 Å². The van der Waals surface area contributed by atoms with Crippen molar-refractivity contribution in [2.24, 2.45) is 0 Å². The molecule has 0 aliphatic heterocycles. The monoisotopic (exact) mass is 315 g/mol. The molecule has 1 aromatic heterocycles. The molecular formula is C13H9ClF3N3O. The summed E-state index contributed by atoms with van der Waals surface area (Å²) in [6.45, 7) is 0. The van der Waals surface area contributed by atoms with E-state index in [0.717, 1.165) is 0 Å². The van der Waals surface area contributed by atoms with Crippen molar-refractivity contribution in [2.75, 3.05) is 17.7 Å². The first-order valence-electron chi connectivity index (χ1n) is 5.71. The summed E-state index contributed by atoms with van der Waals surface area (Å²) >= 11 is 5.86. The summed E-state index contributed by atoms with van der Waals surface area (Å²) in [7, 11) is 1.60. The molecule has 1 aromatic carbocycles. The van der Waals surface area contributed by atoms with Gasteiger partial charge in [0.2, 0.25) is 0 Å². The van der Waals surface area contributed by atoms with Gasteiger partial charge in [0.25, 0.3) is 5.91 Å². The highest BCUT2D eigenvalue weighted by atomic mass is 35.5. The average molecular weight is 316 g/mol. The number of nitrogens with one attached hydrogen (secondary N) is 2. The molecule has 2 aromatic rings. The Balaban J connectivity index is 2.28. The Morgan fingerprint density at radius 2 is 1.95 bits per heavy atom. The topological polar surface area (TPSA) is 54.0 Å². The minimum atomic E-state index is -1.40. The second-order valence-electron chi connectivity index (χ2n) is 4.01. The van der Waals surface area contributed by atoms with Gasteiger partial charge >= 0.3 is 0 Å². The first-order valence-corrected chi connectivity index (χ1v) is 6.09. The van der Waals surface area contributed by atoms with Gasteiger partial charge in [0.05, 0.1) is 16.3 Å². The zero-order chi connectivity index (χ0) is 15.6. The van der Waals surface area contributed by atoms with Crippen molar-refractivity contribution in [1.29, 1.82) is 0 Å². The molecule has 0 saturated heterocycles. The van der Waals surface area contributed by atoms with Crippen LogP contribution >= 0.6 is 11.6 Å². The molecule has 0 aliphatic carbocycles. The first kappa shape index (κ1) is 15.1. The van der Waals surface area contributed by atoms with Gasteiger partial charge in [-0.3, -0.25) is 4.79 Å². The number of anilines is 2. The molecule has 21 heavy (non-hydrogen) atoms. The number of nitrogens with zero attached hydrogens (tertiary/aromatic N) is 1. The third kappa shape index (κ3) is 3.25. The van der Waals surface area contributed by atoms with E-state index in [9.17, 15) is 18.0 Å². The van der Waals surface area contributed by atoms with E-state index in [1.54, 1.807) is 7.05 Å². The molecule has 0 saturated carbocycles. The number of benzene rings is 1. The predicted octanol–water partition coefficient (Wildman–Crippen LogP) is 3.45. The standard InChI is InChI=1S/C13H9ClF3N3O/c1-18-12-8(14)2-6(5-19-12)13(21)20-10-4-7(15)3-9(16)11(10)17/h2-5H,1H3,(H,18,19)(H,20,21). The van der Waals surface area contributed by atoms with Crippen LogP contribution in [-0.2, 0) is 0 Å². The lowest BCUT2D eigenvalue weighted by atomic mass is 10.2. The highest BCUT2D eigenvalue weighted by molar-refractivity contribution is 6.33.